The van der Waals surface area contributed by atoms with E-state index in [0.717, 1.165) is 63.6 Å². The molecule has 0 saturated carbocycles. The molecule has 0 aromatic heterocycles. The van der Waals surface area contributed by atoms with Crippen LogP contribution in [0.25, 0.3) is 0 Å². The normalized spacial score (nSPS) is 16.4. The van der Waals surface area contributed by atoms with Crippen LogP contribution in [0.5, 0.6) is 0 Å². The number of ether oxygens (including phenoxy) is 2. The summed E-state index contributed by atoms with van der Waals surface area (Å²) >= 11 is 0. The van der Waals surface area contributed by atoms with Gasteiger partial charge < -0.3 is 25.0 Å². The van der Waals surface area contributed by atoms with Crippen LogP contribution in [0.4, 0.5) is 4.39 Å². The minimum absolute atomic E-state index is 0.239. The molecular formula is C21H35FN4O2. The van der Waals surface area contributed by atoms with Crippen LogP contribution in [0.15, 0.2) is 23.2 Å². The maximum atomic E-state index is 13.8. The predicted octanol–water partition coefficient (Wildman–Crippen LogP) is 2.53. The number of aliphatic imine (C=N–C) groups is 1. The molecule has 2 N–H and O–H groups in total. The van der Waals surface area contributed by atoms with Crippen molar-refractivity contribution < 1.29 is 13.9 Å². The fourth-order valence-electron chi connectivity index (χ4n) is 3.41. The number of hydrogen-bond donors (Lipinski definition) is 2. The van der Waals surface area contributed by atoms with Gasteiger partial charge in [0.1, 0.15) is 5.82 Å². The third-order valence-electron chi connectivity index (χ3n) is 4.93. The fraction of sp³-hybridized carbons (Fsp3) is 0.667. The average Bonchev–Trinajstić information content (AvgIpc) is 2.70. The zero-order valence-corrected chi connectivity index (χ0v) is 17.5. The highest BCUT2D eigenvalue weighted by Gasteiger charge is 2.19. The Bertz CT molecular complexity index is 604. The first-order valence-corrected chi connectivity index (χ1v) is 10.2. The minimum atomic E-state index is -0.239. The third-order valence-corrected chi connectivity index (χ3v) is 4.93. The van der Waals surface area contributed by atoms with Gasteiger partial charge in [-0.25, -0.2) is 9.38 Å². The molecule has 2 rings (SSSR count). The Hall–Kier alpha value is -1.70. The summed E-state index contributed by atoms with van der Waals surface area (Å²) in [5.41, 5.74) is 1.53. The standard InChI is InChI=1S/C21H35FN4O2/c1-4-23-21(24-15-17-6-7-20(22)18(14-17)16-28-3)25-19-8-11-26(12-9-19)10-5-13-27-2/h6-7,14,19H,4-5,8-13,15-16H2,1-3H3,(H2,23,24,25). The number of halogens is 1. The molecule has 1 aliphatic heterocycles. The highest BCUT2D eigenvalue weighted by molar-refractivity contribution is 5.80. The lowest BCUT2D eigenvalue weighted by molar-refractivity contribution is 0.155. The molecule has 0 amide bonds. The number of methoxy groups -OCH3 is 2. The molecule has 0 aliphatic carbocycles. The van der Waals surface area contributed by atoms with Gasteiger partial charge in [-0.15, -0.1) is 0 Å². The first-order chi connectivity index (χ1) is 13.7. The van der Waals surface area contributed by atoms with Crippen molar-refractivity contribution in [3.8, 4) is 0 Å². The van der Waals surface area contributed by atoms with Crippen LogP contribution in [0.3, 0.4) is 0 Å². The Kier molecular flexibility index (Phi) is 10.2. The number of nitrogens with one attached hydrogen (secondary N) is 2. The molecule has 28 heavy (non-hydrogen) atoms. The van der Waals surface area contributed by atoms with Crippen LogP contribution >= 0.6 is 0 Å². The molecule has 1 saturated heterocycles. The number of nitrogens with zero attached hydrogens (tertiary/aromatic N) is 2. The van der Waals surface area contributed by atoms with Gasteiger partial charge in [-0.3, -0.25) is 0 Å². The van der Waals surface area contributed by atoms with E-state index in [-0.39, 0.29) is 12.4 Å². The van der Waals surface area contributed by atoms with E-state index >= 15 is 0 Å². The second kappa shape index (κ2) is 12.7. The van der Waals surface area contributed by atoms with Gasteiger partial charge in [-0.2, -0.15) is 0 Å². The molecule has 0 bridgehead atoms. The highest BCUT2D eigenvalue weighted by Crippen LogP contribution is 2.13. The number of rotatable bonds is 10. The maximum absolute atomic E-state index is 13.8. The average molecular weight is 395 g/mol. The van der Waals surface area contributed by atoms with Gasteiger partial charge >= 0.3 is 0 Å². The summed E-state index contributed by atoms with van der Waals surface area (Å²) in [5.74, 6) is 0.579. The van der Waals surface area contributed by atoms with Gasteiger partial charge in [0.25, 0.3) is 0 Å². The first kappa shape index (κ1) is 22.6. The largest absolute Gasteiger partial charge is 0.385 e. The van der Waals surface area contributed by atoms with E-state index in [0.29, 0.717) is 18.2 Å². The van der Waals surface area contributed by atoms with Crippen molar-refractivity contribution in [3.05, 3.63) is 35.1 Å². The van der Waals surface area contributed by atoms with Crippen LogP contribution in [-0.4, -0.2) is 63.9 Å². The lowest BCUT2D eigenvalue weighted by atomic mass is 10.1. The molecule has 0 unspecified atom stereocenters. The minimum Gasteiger partial charge on any atom is -0.385 e. The van der Waals surface area contributed by atoms with Crippen LogP contribution in [-0.2, 0) is 22.6 Å². The van der Waals surface area contributed by atoms with Crippen LogP contribution < -0.4 is 10.6 Å². The van der Waals surface area contributed by atoms with E-state index in [4.69, 9.17) is 9.47 Å². The Morgan fingerprint density at radius 1 is 1.25 bits per heavy atom. The van der Waals surface area contributed by atoms with E-state index in [1.807, 2.05) is 6.07 Å². The summed E-state index contributed by atoms with van der Waals surface area (Å²) < 4.78 is 24.0. The van der Waals surface area contributed by atoms with Gasteiger partial charge in [0.15, 0.2) is 5.96 Å². The number of hydrogen-bond acceptors (Lipinski definition) is 4. The molecular weight excluding hydrogens is 359 g/mol. The zero-order chi connectivity index (χ0) is 20.2. The van der Waals surface area contributed by atoms with Gasteiger partial charge in [0.05, 0.1) is 13.2 Å². The fourth-order valence-corrected chi connectivity index (χ4v) is 3.41. The second-order valence-corrected chi connectivity index (χ2v) is 7.16. The smallest absolute Gasteiger partial charge is 0.191 e. The summed E-state index contributed by atoms with van der Waals surface area (Å²) in [4.78, 5) is 7.19. The van der Waals surface area contributed by atoms with E-state index in [1.54, 1.807) is 20.3 Å². The SMILES string of the molecule is CCNC(=NCc1ccc(F)c(COC)c1)NC1CCN(CCCOC)CC1. The third kappa shape index (κ3) is 7.73. The highest BCUT2D eigenvalue weighted by atomic mass is 19.1. The van der Waals surface area contributed by atoms with Crippen LogP contribution in [0, 0.1) is 5.82 Å². The Labute approximate surface area is 168 Å². The van der Waals surface area contributed by atoms with Gasteiger partial charge in [-0.1, -0.05) is 6.07 Å². The van der Waals surface area contributed by atoms with Gasteiger partial charge in [0, 0.05) is 58.6 Å². The van der Waals surface area contributed by atoms with Crippen molar-refractivity contribution in [2.75, 3.05) is 47.0 Å². The predicted molar refractivity (Wildman–Crippen MR) is 111 cm³/mol. The van der Waals surface area contributed by atoms with Crippen LogP contribution in [0.1, 0.15) is 37.3 Å². The van der Waals surface area contributed by atoms with Crippen molar-refractivity contribution in [2.24, 2.45) is 4.99 Å². The lowest BCUT2D eigenvalue weighted by Gasteiger charge is -2.33. The summed E-state index contributed by atoms with van der Waals surface area (Å²) in [5, 5.41) is 6.87. The summed E-state index contributed by atoms with van der Waals surface area (Å²) in [6, 6.07) is 5.51. The Morgan fingerprint density at radius 2 is 2.04 bits per heavy atom. The monoisotopic (exact) mass is 394 g/mol. The molecule has 0 spiro atoms. The van der Waals surface area contributed by atoms with Gasteiger partial charge in [-0.05, 0) is 43.9 Å². The summed E-state index contributed by atoms with van der Waals surface area (Å²) in [7, 11) is 3.32. The number of piperidine rings is 1. The van der Waals surface area contributed by atoms with Crippen LogP contribution in [0.2, 0.25) is 0 Å². The molecule has 6 nitrogen and oxygen atoms in total. The molecule has 7 heteroatoms. The quantitative estimate of drug-likeness (QED) is 0.363. The van der Waals surface area contributed by atoms with E-state index in [2.05, 4.69) is 27.4 Å². The molecule has 0 radical (unpaired) electrons. The second-order valence-electron chi connectivity index (χ2n) is 7.16. The molecule has 1 aromatic rings. The van der Waals surface area contributed by atoms with Crippen molar-refractivity contribution in [1.29, 1.82) is 0 Å². The molecule has 1 aromatic carbocycles. The zero-order valence-electron chi connectivity index (χ0n) is 17.5. The van der Waals surface area contributed by atoms with Crippen molar-refractivity contribution in [1.82, 2.24) is 15.5 Å². The number of likely N-dealkylation sites (tertiary alicyclic amines) is 1. The van der Waals surface area contributed by atoms with Crippen molar-refractivity contribution in [2.45, 2.75) is 45.4 Å². The topological polar surface area (TPSA) is 58.1 Å². The lowest BCUT2D eigenvalue weighted by Crippen LogP contribution is -2.48. The molecule has 1 aliphatic rings. The van der Waals surface area contributed by atoms with Gasteiger partial charge in [0.2, 0.25) is 0 Å². The molecule has 158 valence electrons. The number of guanidine groups is 1. The molecule has 1 fully saturated rings. The summed E-state index contributed by atoms with van der Waals surface area (Å²) in [6.45, 7) is 7.75. The maximum Gasteiger partial charge on any atom is 0.191 e. The number of benzene rings is 1. The first-order valence-electron chi connectivity index (χ1n) is 10.2. The van der Waals surface area contributed by atoms with E-state index < -0.39 is 0 Å². The van der Waals surface area contributed by atoms with E-state index in [9.17, 15) is 4.39 Å². The summed E-state index contributed by atoms with van der Waals surface area (Å²) in [6.07, 6.45) is 3.29. The van der Waals surface area contributed by atoms with E-state index in [1.165, 1.54) is 6.07 Å². The van der Waals surface area contributed by atoms with Crippen molar-refractivity contribution in [3.63, 3.8) is 0 Å². The van der Waals surface area contributed by atoms with Crippen molar-refractivity contribution >= 4 is 5.96 Å². The Balaban J connectivity index is 1.86. The Morgan fingerprint density at radius 3 is 2.71 bits per heavy atom. The molecule has 1 heterocycles. The molecule has 0 atom stereocenters.